The van der Waals surface area contributed by atoms with Crippen LogP contribution in [0.3, 0.4) is 0 Å². The van der Waals surface area contributed by atoms with Crippen LogP contribution in [0.25, 0.3) is 0 Å². The highest BCUT2D eigenvalue weighted by Gasteiger charge is 2.14. The summed E-state index contributed by atoms with van der Waals surface area (Å²) >= 11 is 1.57. The molecule has 0 amide bonds. The van der Waals surface area contributed by atoms with Crippen molar-refractivity contribution in [3.63, 3.8) is 0 Å². The topological polar surface area (TPSA) is 54.6 Å². The molecule has 0 saturated carbocycles. The lowest BCUT2D eigenvalue weighted by molar-refractivity contribution is -0.138. The molecule has 0 saturated heterocycles. The summed E-state index contributed by atoms with van der Waals surface area (Å²) in [4.78, 5) is 16.5. The Morgan fingerprint density at radius 2 is 2.21 bits per heavy atom. The lowest BCUT2D eigenvalue weighted by Crippen LogP contribution is -2.09. The first-order chi connectivity index (χ1) is 8.99. The van der Waals surface area contributed by atoms with Crippen LogP contribution in [0.1, 0.15) is 24.0 Å². The van der Waals surface area contributed by atoms with Crippen molar-refractivity contribution >= 4 is 23.0 Å². The van der Waals surface area contributed by atoms with Gasteiger partial charge in [0.05, 0.1) is 11.6 Å². The van der Waals surface area contributed by atoms with E-state index in [1.807, 2.05) is 48.3 Å². The number of carboxylic acids is 1. The molecule has 0 aliphatic heterocycles. The first-order valence-corrected chi connectivity index (χ1v) is 6.85. The number of carbonyl (C=O) groups is 1. The summed E-state index contributed by atoms with van der Waals surface area (Å²) in [6, 6.07) is 5.60. The largest absolute Gasteiger partial charge is 0.481 e. The Bertz CT molecular complexity index is 670. The van der Waals surface area contributed by atoms with Gasteiger partial charge in [0.2, 0.25) is 0 Å². The van der Waals surface area contributed by atoms with Crippen molar-refractivity contribution in [2.75, 3.05) is 0 Å². The van der Waals surface area contributed by atoms with Gasteiger partial charge in [-0.25, -0.2) is 4.99 Å². The number of hydrogen-bond acceptors (Lipinski definition) is 3. The van der Waals surface area contributed by atoms with Gasteiger partial charge in [-0.1, -0.05) is 12.1 Å². The molecule has 0 bridgehead atoms. The summed E-state index contributed by atoms with van der Waals surface area (Å²) in [5.74, 6) is -1.31. The highest BCUT2D eigenvalue weighted by Crippen LogP contribution is 2.24. The van der Waals surface area contributed by atoms with E-state index in [-0.39, 0.29) is 0 Å². The second-order valence-electron chi connectivity index (χ2n) is 4.51. The predicted octanol–water partition coefficient (Wildman–Crippen LogP) is 2.82. The van der Waals surface area contributed by atoms with Crippen molar-refractivity contribution in [3.05, 3.63) is 45.7 Å². The molecule has 1 heterocycles. The number of rotatable bonds is 3. The van der Waals surface area contributed by atoms with Gasteiger partial charge in [0.1, 0.15) is 0 Å². The summed E-state index contributed by atoms with van der Waals surface area (Å²) in [6.45, 7) is 3.64. The van der Waals surface area contributed by atoms with Gasteiger partial charge in [0.15, 0.2) is 4.80 Å². The third-order valence-electron chi connectivity index (χ3n) is 3.07. The smallest absolute Gasteiger partial charge is 0.310 e. The molecule has 1 unspecified atom stereocenters. The van der Waals surface area contributed by atoms with Crippen molar-refractivity contribution in [3.8, 4) is 0 Å². The zero-order valence-electron chi connectivity index (χ0n) is 11.1. The number of aryl methyl sites for hydroxylation is 2. The van der Waals surface area contributed by atoms with E-state index in [1.165, 1.54) is 0 Å². The maximum Gasteiger partial charge on any atom is 0.310 e. The van der Waals surface area contributed by atoms with Crippen molar-refractivity contribution in [2.45, 2.75) is 19.8 Å². The molecule has 4 nitrogen and oxygen atoms in total. The molecule has 1 aromatic carbocycles. The quantitative estimate of drug-likeness (QED) is 0.937. The maximum absolute atomic E-state index is 11.0. The Hall–Kier alpha value is -1.88. The van der Waals surface area contributed by atoms with Gasteiger partial charge in [0.25, 0.3) is 0 Å². The van der Waals surface area contributed by atoms with Crippen LogP contribution < -0.4 is 4.80 Å². The minimum atomic E-state index is -0.811. The van der Waals surface area contributed by atoms with Crippen LogP contribution in [-0.4, -0.2) is 15.6 Å². The molecule has 1 N–H and O–H groups in total. The van der Waals surface area contributed by atoms with Crippen molar-refractivity contribution in [1.29, 1.82) is 0 Å². The van der Waals surface area contributed by atoms with Gasteiger partial charge in [0, 0.05) is 18.6 Å². The average molecular weight is 276 g/mol. The molecular formula is C14H16N2O2S. The lowest BCUT2D eigenvalue weighted by Gasteiger charge is -2.08. The molecule has 0 aliphatic rings. The monoisotopic (exact) mass is 276 g/mol. The van der Waals surface area contributed by atoms with Crippen molar-refractivity contribution in [1.82, 2.24) is 4.57 Å². The molecule has 2 aromatic rings. The first kappa shape index (κ1) is 13.5. The summed E-state index contributed by atoms with van der Waals surface area (Å²) < 4.78 is 1.96. The van der Waals surface area contributed by atoms with Crippen LogP contribution in [0.15, 0.2) is 34.8 Å². The van der Waals surface area contributed by atoms with Gasteiger partial charge in [-0.3, -0.25) is 4.79 Å². The van der Waals surface area contributed by atoms with Gasteiger partial charge in [-0.05, 0) is 31.0 Å². The van der Waals surface area contributed by atoms with Crippen LogP contribution in [0, 0.1) is 6.92 Å². The summed E-state index contributed by atoms with van der Waals surface area (Å²) in [5, 5.41) is 11.0. The van der Waals surface area contributed by atoms with E-state index in [1.54, 1.807) is 18.3 Å². The van der Waals surface area contributed by atoms with Crippen molar-refractivity contribution < 1.29 is 9.90 Å². The highest BCUT2D eigenvalue weighted by molar-refractivity contribution is 7.07. The van der Waals surface area contributed by atoms with Crippen LogP contribution in [0.4, 0.5) is 5.69 Å². The molecule has 0 radical (unpaired) electrons. The lowest BCUT2D eigenvalue weighted by atomic mass is 9.99. The Labute approximate surface area is 115 Å². The molecule has 100 valence electrons. The summed E-state index contributed by atoms with van der Waals surface area (Å²) in [5.41, 5.74) is 2.66. The van der Waals surface area contributed by atoms with Gasteiger partial charge in [-0.15, -0.1) is 11.3 Å². The molecular weight excluding hydrogens is 260 g/mol. The van der Waals surface area contributed by atoms with E-state index in [4.69, 9.17) is 5.11 Å². The molecule has 0 spiro atoms. The predicted molar refractivity (Wildman–Crippen MR) is 75.7 cm³/mol. The summed E-state index contributed by atoms with van der Waals surface area (Å²) in [7, 11) is 1.95. The van der Waals surface area contributed by atoms with Crippen LogP contribution in [0.5, 0.6) is 0 Å². The number of benzene rings is 1. The number of hydrogen-bond donors (Lipinski definition) is 1. The second kappa shape index (κ2) is 5.40. The third-order valence-corrected chi connectivity index (χ3v) is 3.91. The molecule has 1 atom stereocenters. The van der Waals surface area contributed by atoms with E-state index in [2.05, 4.69) is 4.99 Å². The van der Waals surface area contributed by atoms with Crippen LogP contribution >= 0.6 is 11.3 Å². The first-order valence-electron chi connectivity index (χ1n) is 5.97. The number of aromatic nitrogens is 1. The zero-order chi connectivity index (χ0) is 14.0. The minimum absolute atomic E-state index is 0.495. The minimum Gasteiger partial charge on any atom is -0.481 e. The number of thiazole rings is 1. The number of carboxylic acid groups (broad SMARTS) is 1. The van der Waals surface area contributed by atoms with Crippen LogP contribution in [-0.2, 0) is 11.8 Å². The van der Waals surface area contributed by atoms with E-state index in [9.17, 15) is 4.79 Å². The van der Waals surface area contributed by atoms with Crippen LogP contribution in [0.2, 0.25) is 0 Å². The Morgan fingerprint density at radius 1 is 1.47 bits per heavy atom. The summed E-state index contributed by atoms with van der Waals surface area (Å²) in [6.07, 6.45) is 1.96. The fraction of sp³-hybridized carbons (Fsp3) is 0.286. The number of aliphatic carboxylic acids is 1. The zero-order valence-corrected chi connectivity index (χ0v) is 11.9. The van der Waals surface area contributed by atoms with E-state index < -0.39 is 11.9 Å². The van der Waals surface area contributed by atoms with Gasteiger partial charge < -0.3 is 9.67 Å². The van der Waals surface area contributed by atoms with Gasteiger partial charge >= 0.3 is 5.97 Å². The average Bonchev–Trinajstić information content (AvgIpc) is 2.76. The highest BCUT2D eigenvalue weighted by atomic mass is 32.1. The Morgan fingerprint density at radius 3 is 2.74 bits per heavy atom. The van der Waals surface area contributed by atoms with E-state index in [0.717, 1.165) is 21.6 Å². The normalized spacial score (nSPS) is 13.5. The fourth-order valence-electron chi connectivity index (χ4n) is 1.75. The molecule has 19 heavy (non-hydrogen) atoms. The van der Waals surface area contributed by atoms with Crippen molar-refractivity contribution in [2.24, 2.45) is 12.0 Å². The Kier molecular flexibility index (Phi) is 3.85. The third kappa shape index (κ3) is 2.93. The molecule has 5 heteroatoms. The SMILES string of the molecule is Cc1cc(C(C)C(=O)O)ccc1/N=c1\sccn1C. The Balaban J connectivity index is 2.41. The number of nitrogens with zero attached hydrogens (tertiary/aromatic N) is 2. The molecule has 1 aromatic heterocycles. The second-order valence-corrected chi connectivity index (χ2v) is 5.39. The molecule has 0 fully saturated rings. The van der Waals surface area contributed by atoms with Gasteiger partial charge in [-0.2, -0.15) is 0 Å². The van der Waals surface area contributed by atoms with E-state index >= 15 is 0 Å². The van der Waals surface area contributed by atoms with E-state index in [0.29, 0.717) is 0 Å². The maximum atomic E-state index is 11.0. The standard InChI is InChI=1S/C14H16N2O2S/c1-9-8-11(10(2)13(17)18)4-5-12(9)15-14-16(3)6-7-19-14/h4-8,10H,1-3H3,(H,17,18)/b15-14-. The fourth-order valence-corrected chi connectivity index (χ4v) is 2.50. The molecule has 2 rings (SSSR count). The molecule has 0 aliphatic carbocycles.